The number of aromatic nitrogens is 1. The molecular weight excluding hydrogens is 274 g/mol. The Morgan fingerprint density at radius 1 is 1.56 bits per heavy atom. The number of nitrogens with zero attached hydrogens (tertiary/aromatic N) is 1. The van der Waals surface area contributed by atoms with Gasteiger partial charge in [0.25, 0.3) is 0 Å². The highest BCUT2D eigenvalue weighted by molar-refractivity contribution is 7.09. The summed E-state index contributed by atoms with van der Waals surface area (Å²) >= 11 is 7.49. The molecule has 0 aliphatic rings. The van der Waals surface area contributed by atoms with Crippen LogP contribution in [-0.4, -0.2) is 16.1 Å². The highest BCUT2D eigenvalue weighted by atomic mass is 35.5. The molecule has 2 rings (SSSR count). The average molecular weight is 284 g/mol. The largest absolute Gasteiger partial charge is 0.486 e. The number of halogens is 1. The van der Waals surface area contributed by atoms with Crippen molar-refractivity contribution in [3.05, 3.63) is 44.9 Å². The maximum absolute atomic E-state index is 10.7. The van der Waals surface area contributed by atoms with Crippen molar-refractivity contribution in [3.8, 4) is 5.75 Å². The van der Waals surface area contributed by atoms with Crippen molar-refractivity contribution in [1.29, 1.82) is 0 Å². The molecule has 94 valence electrons. The molecule has 1 aromatic carbocycles. The molecule has 0 aliphatic carbocycles. The minimum absolute atomic E-state index is 0.136. The van der Waals surface area contributed by atoms with Crippen molar-refractivity contribution < 1.29 is 14.6 Å². The summed E-state index contributed by atoms with van der Waals surface area (Å²) in [6, 6.07) is 4.37. The summed E-state index contributed by atoms with van der Waals surface area (Å²) in [7, 11) is 0. The van der Waals surface area contributed by atoms with Gasteiger partial charge in [0.2, 0.25) is 0 Å². The highest BCUT2D eigenvalue weighted by Gasteiger charge is 2.08. The molecule has 1 heterocycles. The molecule has 0 unspecified atom stereocenters. The third kappa shape index (κ3) is 3.00. The second-order valence-corrected chi connectivity index (χ2v) is 5.07. The average Bonchev–Trinajstić information content (AvgIpc) is 2.73. The van der Waals surface area contributed by atoms with Crippen LogP contribution in [0.4, 0.5) is 0 Å². The van der Waals surface area contributed by atoms with Crippen molar-refractivity contribution in [3.63, 3.8) is 0 Å². The summed E-state index contributed by atoms with van der Waals surface area (Å²) < 4.78 is 5.49. The number of carboxylic acid groups (broad SMARTS) is 1. The molecule has 1 N–H and O–H groups in total. The van der Waals surface area contributed by atoms with E-state index in [0.717, 1.165) is 10.7 Å². The van der Waals surface area contributed by atoms with E-state index in [-0.39, 0.29) is 10.6 Å². The van der Waals surface area contributed by atoms with Gasteiger partial charge in [0.05, 0.1) is 21.3 Å². The van der Waals surface area contributed by atoms with E-state index in [4.69, 9.17) is 21.4 Å². The molecule has 0 aliphatic heterocycles. The number of ether oxygens (including phenoxy) is 1. The standard InChI is InChI=1S/C12H10ClNO3S/c1-7-14-9(6-18-7)5-17-11-3-2-8(12(15)16)4-10(11)13/h2-4,6H,5H2,1H3,(H,15,16). The number of aromatic carboxylic acids is 1. The quantitative estimate of drug-likeness (QED) is 0.934. The highest BCUT2D eigenvalue weighted by Crippen LogP contribution is 2.26. The SMILES string of the molecule is Cc1nc(COc2ccc(C(=O)O)cc2Cl)cs1. The Morgan fingerprint density at radius 2 is 2.33 bits per heavy atom. The number of hydrogen-bond donors (Lipinski definition) is 1. The number of carboxylic acids is 1. The van der Waals surface area contributed by atoms with E-state index in [2.05, 4.69) is 4.98 Å². The van der Waals surface area contributed by atoms with E-state index in [0.29, 0.717) is 12.4 Å². The molecule has 18 heavy (non-hydrogen) atoms. The third-order valence-corrected chi connectivity index (χ3v) is 3.34. The van der Waals surface area contributed by atoms with Gasteiger partial charge in [-0.05, 0) is 25.1 Å². The molecule has 0 radical (unpaired) electrons. The topological polar surface area (TPSA) is 59.4 Å². The fraction of sp³-hybridized carbons (Fsp3) is 0.167. The van der Waals surface area contributed by atoms with Crippen LogP contribution in [0.15, 0.2) is 23.6 Å². The van der Waals surface area contributed by atoms with Crippen molar-refractivity contribution in [2.45, 2.75) is 13.5 Å². The van der Waals surface area contributed by atoms with Gasteiger partial charge in [-0.25, -0.2) is 9.78 Å². The van der Waals surface area contributed by atoms with Crippen molar-refractivity contribution >= 4 is 28.9 Å². The van der Waals surface area contributed by atoms with Crippen LogP contribution in [0.25, 0.3) is 0 Å². The smallest absolute Gasteiger partial charge is 0.335 e. The van der Waals surface area contributed by atoms with Crippen LogP contribution in [-0.2, 0) is 6.61 Å². The van der Waals surface area contributed by atoms with Crippen LogP contribution in [0.1, 0.15) is 21.1 Å². The Morgan fingerprint density at radius 3 is 2.89 bits per heavy atom. The van der Waals surface area contributed by atoms with E-state index in [1.54, 1.807) is 17.4 Å². The van der Waals surface area contributed by atoms with Gasteiger partial charge in [-0.1, -0.05) is 11.6 Å². The fourth-order valence-corrected chi connectivity index (χ4v) is 2.21. The summed E-state index contributed by atoms with van der Waals surface area (Å²) in [4.78, 5) is 15.0. The first kappa shape index (κ1) is 12.9. The van der Waals surface area contributed by atoms with Crippen LogP contribution in [0.5, 0.6) is 5.75 Å². The Bertz CT molecular complexity index is 582. The molecule has 4 nitrogen and oxygen atoms in total. The summed E-state index contributed by atoms with van der Waals surface area (Å²) in [6.45, 7) is 2.24. The van der Waals surface area contributed by atoms with E-state index in [1.807, 2.05) is 12.3 Å². The number of aryl methyl sites for hydroxylation is 1. The third-order valence-electron chi connectivity index (χ3n) is 2.22. The predicted molar refractivity (Wildman–Crippen MR) is 69.6 cm³/mol. The van der Waals surface area contributed by atoms with E-state index >= 15 is 0 Å². The Kier molecular flexibility index (Phi) is 3.84. The summed E-state index contributed by atoms with van der Waals surface area (Å²) in [5.74, 6) is -0.564. The molecule has 0 saturated heterocycles. The molecule has 1 aromatic heterocycles. The molecule has 0 saturated carbocycles. The van der Waals surface area contributed by atoms with Gasteiger partial charge in [-0.2, -0.15) is 0 Å². The maximum Gasteiger partial charge on any atom is 0.335 e. The van der Waals surface area contributed by atoms with Gasteiger partial charge in [-0.15, -0.1) is 11.3 Å². The summed E-state index contributed by atoms with van der Waals surface area (Å²) in [5, 5.41) is 12.0. The fourth-order valence-electron chi connectivity index (χ4n) is 1.38. The van der Waals surface area contributed by atoms with E-state index in [1.165, 1.54) is 12.1 Å². The molecular formula is C12H10ClNO3S. The minimum Gasteiger partial charge on any atom is -0.486 e. The Hall–Kier alpha value is -1.59. The first-order valence-electron chi connectivity index (χ1n) is 5.13. The molecule has 0 atom stereocenters. The monoisotopic (exact) mass is 283 g/mol. The minimum atomic E-state index is -1.02. The zero-order valence-electron chi connectivity index (χ0n) is 9.51. The van der Waals surface area contributed by atoms with Crippen LogP contribution in [0, 0.1) is 6.92 Å². The maximum atomic E-state index is 10.7. The Labute approximate surface area is 113 Å². The summed E-state index contributed by atoms with van der Waals surface area (Å²) in [6.07, 6.45) is 0. The van der Waals surface area contributed by atoms with Crippen LogP contribution in [0.3, 0.4) is 0 Å². The van der Waals surface area contributed by atoms with Gasteiger partial charge >= 0.3 is 5.97 Å². The molecule has 0 fully saturated rings. The lowest BCUT2D eigenvalue weighted by molar-refractivity contribution is 0.0697. The van der Waals surface area contributed by atoms with Crippen molar-refractivity contribution in [2.75, 3.05) is 0 Å². The zero-order chi connectivity index (χ0) is 13.1. The van der Waals surface area contributed by atoms with Crippen molar-refractivity contribution in [1.82, 2.24) is 4.98 Å². The van der Waals surface area contributed by atoms with Gasteiger partial charge < -0.3 is 9.84 Å². The molecule has 0 bridgehead atoms. The predicted octanol–water partition coefficient (Wildman–Crippen LogP) is 3.38. The normalized spacial score (nSPS) is 10.3. The molecule has 0 spiro atoms. The van der Waals surface area contributed by atoms with Gasteiger partial charge in [0, 0.05) is 5.38 Å². The van der Waals surface area contributed by atoms with Crippen LogP contribution < -0.4 is 4.74 Å². The summed E-state index contributed by atoms with van der Waals surface area (Å²) in [5.41, 5.74) is 0.965. The molecule has 6 heteroatoms. The first-order valence-corrected chi connectivity index (χ1v) is 6.38. The number of hydrogen-bond acceptors (Lipinski definition) is 4. The Balaban J connectivity index is 2.08. The second kappa shape index (κ2) is 5.37. The lowest BCUT2D eigenvalue weighted by atomic mass is 10.2. The lowest BCUT2D eigenvalue weighted by Gasteiger charge is -2.06. The van der Waals surface area contributed by atoms with Gasteiger partial charge in [0.15, 0.2) is 0 Å². The lowest BCUT2D eigenvalue weighted by Crippen LogP contribution is -1.99. The zero-order valence-corrected chi connectivity index (χ0v) is 11.1. The first-order chi connectivity index (χ1) is 8.56. The number of rotatable bonds is 4. The number of carbonyl (C=O) groups is 1. The number of thiazole rings is 1. The second-order valence-electron chi connectivity index (χ2n) is 3.60. The number of benzene rings is 1. The molecule has 2 aromatic rings. The van der Waals surface area contributed by atoms with E-state index < -0.39 is 5.97 Å². The van der Waals surface area contributed by atoms with Crippen molar-refractivity contribution in [2.24, 2.45) is 0 Å². The van der Waals surface area contributed by atoms with Gasteiger partial charge in [-0.3, -0.25) is 0 Å². The van der Waals surface area contributed by atoms with E-state index in [9.17, 15) is 4.79 Å². The van der Waals surface area contributed by atoms with Crippen LogP contribution >= 0.6 is 22.9 Å². The van der Waals surface area contributed by atoms with Crippen LogP contribution in [0.2, 0.25) is 5.02 Å². The molecule has 0 amide bonds. The van der Waals surface area contributed by atoms with Gasteiger partial charge in [0.1, 0.15) is 12.4 Å².